The van der Waals surface area contributed by atoms with Gasteiger partial charge in [0.25, 0.3) is 0 Å². The lowest BCUT2D eigenvalue weighted by Crippen LogP contribution is -2.11. The lowest BCUT2D eigenvalue weighted by molar-refractivity contribution is -0.134. The second-order valence-corrected chi connectivity index (χ2v) is 4.37. The predicted molar refractivity (Wildman–Crippen MR) is 59.6 cm³/mol. The first-order valence-electron chi connectivity index (χ1n) is 5.23. The maximum atomic E-state index is 12.2. The van der Waals surface area contributed by atoms with E-state index in [1.54, 1.807) is 13.8 Å². The van der Waals surface area contributed by atoms with Gasteiger partial charge < -0.3 is 0 Å². The molecule has 0 aliphatic heterocycles. The third-order valence-electron chi connectivity index (χ3n) is 2.73. The lowest BCUT2D eigenvalue weighted by Gasteiger charge is -2.06. The summed E-state index contributed by atoms with van der Waals surface area (Å²) in [6.07, 6.45) is -5.45. The highest BCUT2D eigenvalue weighted by atomic mass is 35.5. The van der Waals surface area contributed by atoms with E-state index in [1.165, 1.54) is 4.52 Å². The molecule has 0 N–H and O–H groups in total. The van der Waals surface area contributed by atoms with Crippen molar-refractivity contribution in [2.45, 2.75) is 32.9 Å². The number of aryl methyl sites for hydroxylation is 2. The van der Waals surface area contributed by atoms with Crippen molar-refractivity contribution in [3.8, 4) is 0 Å². The van der Waals surface area contributed by atoms with Gasteiger partial charge in [0.15, 0.2) is 16.6 Å². The van der Waals surface area contributed by atoms with Crippen LogP contribution in [0.2, 0.25) is 5.15 Å². The Hall–Kier alpha value is -1.37. The Balaban J connectivity index is 2.42. The highest BCUT2D eigenvalue weighted by Gasteiger charge is 2.28. The van der Waals surface area contributed by atoms with E-state index in [1.807, 2.05) is 0 Å². The normalized spacial score (nSPS) is 12.3. The van der Waals surface area contributed by atoms with E-state index in [-0.39, 0.29) is 17.4 Å². The van der Waals surface area contributed by atoms with E-state index in [9.17, 15) is 13.2 Å². The molecule has 0 saturated carbocycles. The van der Waals surface area contributed by atoms with Crippen LogP contribution in [0, 0.1) is 13.8 Å². The molecule has 2 aromatic rings. The van der Waals surface area contributed by atoms with E-state index in [2.05, 4.69) is 15.3 Å². The van der Waals surface area contributed by atoms with Crippen molar-refractivity contribution in [2.24, 2.45) is 0 Å². The van der Waals surface area contributed by atoms with Crippen molar-refractivity contribution < 1.29 is 13.2 Å². The number of nitrogens with zero attached hydrogens (tertiary/aromatic N) is 4. The fraction of sp³-hybridized carbons (Fsp3) is 0.500. The van der Waals surface area contributed by atoms with E-state index in [0.717, 1.165) is 11.1 Å². The van der Waals surface area contributed by atoms with Crippen molar-refractivity contribution in [1.29, 1.82) is 0 Å². The quantitative estimate of drug-likeness (QED) is 0.848. The zero-order valence-corrected chi connectivity index (χ0v) is 10.5. The monoisotopic (exact) mass is 278 g/mol. The summed E-state index contributed by atoms with van der Waals surface area (Å²) in [6.45, 7) is 3.55. The summed E-state index contributed by atoms with van der Waals surface area (Å²) in [5.41, 5.74) is 1.95. The van der Waals surface area contributed by atoms with Gasteiger partial charge in [-0.2, -0.15) is 22.8 Å². The molecule has 2 aromatic heterocycles. The first-order valence-corrected chi connectivity index (χ1v) is 5.61. The van der Waals surface area contributed by atoms with Crippen LogP contribution in [0.25, 0.3) is 5.65 Å². The zero-order chi connectivity index (χ0) is 13.5. The van der Waals surface area contributed by atoms with Crippen LogP contribution in [-0.4, -0.2) is 26.0 Å². The molecule has 98 valence electrons. The molecule has 0 aliphatic rings. The van der Waals surface area contributed by atoms with E-state index in [0.29, 0.717) is 5.65 Å². The molecule has 0 radical (unpaired) electrons. The number of aromatic nitrogens is 4. The topological polar surface area (TPSA) is 43.1 Å². The van der Waals surface area contributed by atoms with Gasteiger partial charge in [0.1, 0.15) is 0 Å². The number of alkyl halides is 3. The summed E-state index contributed by atoms with van der Waals surface area (Å²) in [7, 11) is 0. The minimum absolute atomic E-state index is 0.160. The molecule has 0 fully saturated rings. The highest BCUT2D eigenvalue weighted by Crippen LogP contribution is 2.23. The predicted octanol–water partition coefficient (Wildman–Crippen LogP) is 2.89. The Morgan fingerprint density at radius 3 is 2.44 bits per heavy atom. The maximum absolute atomic E-state index is 12.2. The molecule has 4 nitrogen and oxygen atoms in total. The van der Waals surface area contributed by atoms with Gasteiger partial charge in [0, 0.05) is 12.0 Å². The molecule has 18 heavy (non-hydrogen) atoms. The molecule has 2 rings (SSSR count). The zero-order valence-electron chi connectivity index (χ0n) is 9.71. The number of rotatable bonds is 2. The number of hydrogen-bond acceptors (Lipinski definition) is 3. The van der Waals surface area contributed by atoms with Crippen molar-refractivity contribution in [2.75, 3.05) is 0 Å². The second-order valence-electron chi connectivity index (χ2n) is 4.01. The Bertz CT molecular complexity index is 591. The molecule has 8 heteroatoms. The van der Waals surface area contributed by atoms with Crippen molar-refractivity contribution in [3.63, 3.8) is 0 Å². The Kier molecular flexibility index (Phi) is 3.18. The van der Waals surface area contributed by atoms with Gasteiger partial charge in [-0.1, -0.05) is 11.6 Å². The van der Waals surface area contributed by atoms with Gasteiger partial charge in [-0.15, -0.1) is 10.2 Å². The number of fused-ring (bicyclic) bond motifs is 1. The molecule has 0 aliphatic carbocycles. The summed E-state index contributed by atoms with van der Waals surface area (Å²) in [6, 6.07) is 0. The SMILES string of the molecule is Cc1c(Cl)nn2c(CCC(F)(F)F)nnc2c1C. The van der Waals surface area contributed by atoms with Gasteiger partial charge in [0.2, 0.25) is 0 Å². The largest absolute Gasteiger partial charge is 0.389 e. The van der Waals surface area contributed by atoms with Crippen LogP contribution >= 0.6 is 11.6 Å². The molecular formula is C10H10ClF3N4. The fourth-order valence-electron chi connectivity index (χ4n) is 1.55. The fourth-order valence-corrected chi connectivity index (χ4v) is 1.76. The van der Waals surface area contributed by atoms with Gasteiger partial charge in [-0.05, 0) is 19.4 Å². The molecule has 0 unspecified atom stereocenters. The van der Waals surface area contributed by atoms with Crippen LogP contribution in [0.1, 0.15) is 23.4 Å². The van der Waals surface area contributed by atoms with Crippen LogP contribution in [0.15, 0.2) is 0 Å². The first-order chi connectivity index (χ1) is 8.29. The van der Waals surface area contributed by atoms with Crippen LogP contribution < -0.4 is 0 Å². The van der Waals surface area contributed by atoms with Crippen LogP contribution in [0.4, 0.5) is 13.2 Å². The smallest absolute Gasteiger partial charge is 0.196 e. The minimum Gasteiger partial charge on any atom is -0.196 e. The Morgan fingerprint density at radius 2 is 1.83 bits per heavy atom. The molecule has 0 aromatic carbocycles. The molecule has 0 atom stereocenters. The van der Waals surface area contributed by atoms with Crippen LogP contribution in [0.5, 0.6) is 0 Å². The summed E-state index contributed by atoms with van der Waals surface area (Å²) < 4.78 is 37.8. The van der Waals surface area contributed by atoms with E-state index >= 15 is 0 Å². The summed E-state index contributed by atoms with van der Waals surface area (Å²) in [5, 5.41) is 11.8. The van der Waals surface area contributed by atoms with Gasteiger partial charge in [-0.25, -0.2) is 0 Å². The lowest BCUT2D eigenvalue weighted by atomic mass is 10.2. The van der Waals surface area contributed by atoms with Crippen molar-refractivity contribution in [1.82, 2.24) is 19.8 Å². The average Bonchev–Trinajstić information content (AvgIpc) is 2.65. The van der Waals surface area contributed by atoms with Gasteiger partial charge in [0.05, 0.1) is 6.42 Å². The Labute approximate surface area is 106 Å². The standard InChI is InChI=1S/C10H10ClF3N4/c1-5-6(2)9-16-15-7(3-4-10(12,13)14)18(9)17-8(5)11/h3-4H2,1-2H3. The molecule has 0 saturated heterocycles. The van der Waals surface area contributed by atoms with Gasteiger partial charge >= 0.3 is 6.18 Å². The third kappa shape index (κ3) is 2.40. The van der Waals surface area contributed by atoms with E-state index < -0.39 is 12.6 Å². The summed E-state index contributed by atoms with van der Waals surface area (Å²) >= 11 is 5.90. The molecular weight excluding hydrogens is 269 g/mol. The summed E-state index contributed by atoms with van der Waals surface area (Å²) in [4.78, 5) is 0. The second kappa shape index (κ2) is 4.38. The molecule has 0 spiro atoms. The number of halogens is 4. The minimum atomic E-state index is -4.23. The van der Waals surface area contributed by atoms with E-state index in [4.69, 9.17) is 11.6 Å². The maximum Gasteiger partial charge on any atom is 0.389 e. The number of hydrogen-bond donors (Lipinski definition) is 0. The highest BCUT2D eigenvalue weighted by molar-refractivity contribution is 6.30. The molecule has 2 heterocycles. The Morgan fingerprint density at radius 1 is 1.17 bits per heavy atom. The van der Waals surface area contributed by atoms with Crippen LogP contribution in [-0.2, 0) is 6.42 Å². The molecule has 0 bridgehead atoms. The summed E-state index contributed by atoms with van der Waals surface area (Å²) in [5.74, 6) is 0.160. The first kappa shape index (κ1) is 13.1. The van der Waals surface area contributed by atoms with Crippen LogP contribution in [0.3, 0.4) is 0 Å². The van der Waals surface area contributed by atoms with Crippen molar-refractivity contribution >= 4 is 17.2 Å². The molecule has 0 amide bonds. The third-order valence-corrected chi connectivity index (χ3v) is 3.09. The van der Waals surface area contributed by atoms with Crippen molar-refractivity contribution in [3.05, 3.63) is 22.1 Å². The average molecular weight is 279 g/mol. The van der Waals surface area contributed by atoms with Gasteiger partial charge in [-0.3, -0.25) is 0 Å².